The molecule has 0 amide bonds. The SMILES string of the molecule is C=C(c1ccc(CCCC)cc1)N1CCN(CCC)CC1. The van der Waals surface area contributed by atoms with E-state index in [-0.39, 0.29) is 0 Å². The lowest BCUT2D eigenvalue weighted by Gasteiger charge is -2.37. The van der Waals surface area contributed by atoms with E-state index in [9.17, 15) is 0 Å². The molecule has 1 heterocycles. The van der Waals surface area contributed by atoms with Gasteiger partial charge in [-0.2, -0.15) is 0 Å². The van der Waals surface area contributed by atoms with Crippen LogP contribution in [0.2, 0.25) is 0 Å². The molecule has 0 saturated carbocycles. The summed E-state index contributed by atoms with van der Waals surface area (Å²) >= 11 is 0. The molecule has 2 heteroatoms. The van der Waals surface area contributed by atoms with E-state index in [1.807, 2.05) is 0 Å². The van der Waals surface area contributed by atoms with Crippen molar-refractivity contribution in [1.29, 1.82) is 0 Å². The second kappa shape index (κ2) is 8.23. The summed E-state index contributed by atoms with van der Waals surface area (Å²) < 4.78 is 0. The molecule has 2 nitrogen and oxygen atoms in total. The molecule has 1 aliphatic rings. The molecule has 1 aromatic rings. The van der Waals surface area contributed by atoms with Crippen molar-refractivity contribution in [3.63, 3.8) is 0 Å². The average molecular weight is 286 g/mol. The lowest BCUT2D eigenvalue weighted by molar-refractivity contribution is 0.176. The Morgan fingerprint density at radius 3 is 2.24 bits per heavy atom. The van der Waals surface area contributed by atoms with E-state index in [1.54, 1.807) is 0 Å². The lowest BCUT2D eigenvalue weighted by atomic mass is 10.0. The molecule has 1 aliphatic heterocycles. The molecular formula is C19H30N2. The third-order valence-corrected chi connectivity index (χ3v) is 4.40. The van der Waals surface area contributed by atoms with Gasteiger partial charge in [-0.05, 0) is 36.9 Å². The first-order chi connectivity index (χ1) is 10.2. The fourth-order valence-electron chi connectivity index (χ4n) is 2.98. The van der Waals surface area contributed by atoms with Crippen molar-refractivity contribution >= 4 is 5.70 Å². The predicted octanol–water partition coefficient (Wildman–Crippen LogP) is 4.03. The molecular weight excluding hydrogens is 256 g/mol. The zero-order valence-electron chi connectivity index (χ0n) is 13.8. The quantitative estimate of drug-likeness (QED) is 0.747. The molecule has 1 fully saturated rings. The molecule has 0 bridgehead atoms. The number of hydrogen-bond acceptors (Lipinski definition) is 2. The maximum Gasteiger partial charge on any atom is 0.0367 e. The Kier molecular flexibility index (Phi) is 6.31. The van der Waals surface area contributed by atoms with Crippen LogP contribution in [0.5, 0.6) is 0 Å². The summed E-state index contributed by atoms with van der Waals surface area (Å²) in [4.78, 5) is 4.99. The second-order valence-electron chi connectivity index (χ2n) is 6.08. The zero-order valence-corrected chi connectivity index (χ0v) is 13.8. The Morgan fingerprint density at radius 2 is 1.67 bits per heavy atom. The molecule has 1 aromatic carbocycles. The van der Waals surface area contributed by atoms with Gasteiger partial charge in [0.1, 0.15) is 0 Å². The zero-order chi connectivity index (χ0) is 15.1. The summed E-state index contributed by atoms with van der Waals surface area (Å²) in [5.41, 5.74) is 3.91. The molecule has 21 heavy (non-hydrogen) atoms. The van der Waals surface area contributed by atoms with E-state index in [2.05, 4.69) is 54.5 Å². The van der Waals surface area contributed by atoms with Gasteiger partial charge in [-0.15, -0.1) is 0 Å². The summed E-state index contributed by atoms with van der Waals surface area (Å²) in [6.07, 6.45) is 4.98. The average Bonchev–Trinajstić information content (AvgIpc) is 2.54. The minimum atomic E-state index is 1.11. The molecule has 0 N–H and O–H groups in total. The van der Waals surface area contributed by atoms with Gasteiger partial charge in [0.2, 0.25) is 0 Å². The molecule has 0 aromatic heterocycles. The largest absolute Gasteiger partial charge is 0.369 e. The molecule has 0 radical (unpaired) electrons. The highest BCUT2D eigenvalue weighted by molar-refractivity contribution is 5.62. The fraction of sp³-hybridized carbons (Fsp3) is 0.579. The van der Waals surface area contributed by atoms with Crippen LogP contribution in [0.4, 0.5) is 0 Å². The Labute approximate surface area is 130 Å². The molecule has 0 aliphatic carbocycles. The summed E-state index contributed by atoms with van der Waals surface area (Å²) in [5, 5.41) is 0. The molecule has 116 valence electrons. The normalized spacial score (nSPS) is 16.2. The van der Waals surface area contributed by atoms with E-state index in [4.69, 9.17) is 0 Å². The number of nitrogens with zero attached hydrogens (tertiary/aromatic N) is 2. The minimum absolute atomic E-state index is 1.11. The monoisotopic (exact) mass is 286 g/mol. The lowest BCUT2D eigenvalue weighted by Crippen LogP contribution is -2.45. The van der Waals surface area contributed by atoms with Crippen LogP contribution < -0.4 is 0 Å². The number of unbranched alkanes of at least 4 members (excludes halogenated alkanes) is 1. The highest BCUT2D eigenvalue weighted by Gasteiger charge is 2.17. The van der Waals surface area contributed by atoms with E-state index in [1.165, 1.54) is 62.1 Å². The van der Waals surface area contributed by atoms with Gasteiger partial charge in [-0.25, -0.2) is 0 Å². The Balaban J connectivity index is 1.88. The van der Waals surface area contributed by atoms with Crippen molar-refractivity contribution in [2.24, 2.45) is 0 Å². The number of piperazine rings is 1. The first kappa shape index (κ1) is 16.1. The molecule has 0 atom stereocenters. The van der Waals surface area contributed by atoms with Crippen molar-refractivity contribution in [3.05, 3.63) is 42.0 Å². The molecule has 1 saturated heterocycles. The van der Waals surface area contributed by atoms with Crippen molar-refractivity contribution in [2.75, 3.05) is 32.7 Å². The van der Waals surface area contributed by atoms with Crippen molar-refractivity contribution in [3.8, 4) is 0 Å². The van der Waals surface area contributed by atoms with Crippen molar-refractivity contribution in [1.82, 2.24) is 9.80 Å². The van der Waals surface area contributed by atoms with Crippen LogP contribution in [0.3, 0.4) is 0 Å². The minimum Gasteiger partial charge on any atom is -0.369 e. The molecule has 2 rings (SSSR count). The third-order valence-electron chi connectivity index (χ3n) is 4.40. The highest BCUT2D eigenvalue weighted by atomic mass is 15.3. The maximum absolute atomic E-state index is 4.32. The van der Waals surface area contributed by atoms with Crippen LogP contribution in [0, 0.1) is 0 Å². The van der Waals surface area contributed by atoms with E-state index in [0.717, 1.165) is 13.1 Å². The number of benzene rings is 1. The Morgan fingerprint density at radius 1 is 1.00 bits per heavy atom. The maximum atomic E-state index is 4.32. The van der Waals surface area contributed by atoms with Gasteiger partial charge in [0.05, 0.1) is 0 Å². The van der Waals surface area contributed by atoms with Crippen LogP contribution in [-0.4, -0.2) is 42.5 Å². The molecule has 0 unspecified atom stereocenters. The van der Waals surface area contributed by atoms with Gasteiger partial charge >= 0.3 is 0 Å². The van der Waals surface area contributed by atoms with Gasteiger partial charge in [0.15, 0.2) is 0 Å². The van der Waals surface area contributed by atoms with Gasteiger partial charge < -0.3 is 4.90 Å². The van der Waals surface area contributed by atoms with Crippen molar-refractivity contribution in [2.45, 2.75) is 39.5 Å². The second-order valence-corrected chi connectivity index (χ2v) is 6.08. The van der Waals surface area contributed by atoms with Gasteiger partial charge in [-0.3, -0.25) is 4.90 Å². The summed E-state index contributed by atoms with van der Waals surface area (Å²) in [6.45, 7) is 14.6. The van der Waals surface area contributed by atoms with Crippen LogP contribution in [0.25, 0.3) is 5.70 Å². The van der Waals surface area contributed by atoms with E-state index in [0.29, 0.717) is 0 Å². The third kappa shape index (κ3) is 4.60. The first-order valence-corrected chi connectivity index (χ1v) is 8.50. The van der Waals surface area contributed by atoms with Gasteiger partial charge in [-0.1, -0.05) is 51.1 Å². The number of aryl methyl sites for hydroxylation is 1. The van der Waals surface area contributed by atoms with Crippen LogP contribution in [0.1, 0.15) is 44.2 Å². The fourth-order valence-corrected chi connectivity index (χ4v) is 2.98. The van der Waals surface area contributed by atoms with Gasteiger partial charge in [0.25, 0.3) is 0 Å². The predicted molar refractivity (Wildman–Crippen MR) is 92.4 cm³/mol. The topological polar surface area (TPSA) is 6.48 Å². The van der Waals surface area contributed by atoms with Gasteiger partial charge in [0, 0.05) is 31.9 Å². The first-order valence-electron chi connectivity index (χ1n) is 8.50. The van der Waals surface area contributed by atoms with Crippen molar-refractivity contribution < 1.29 is 0 Å². The van der Waals surface area contributed by atoms with Crippen LogP contribution in [0.15, 0.2) is 30.8 Å². The Bertz CT molecular complexity index is 427. The highest BCUT2D eigenvalue weighted by Crippen LogP contribution is 2.20. The smallest absolute Gasteiger partial charge is 0.0367 e. The standard InChI is InChI=1S/C19H30N2/c1-4-6-7-18-8-10-19(11-9-18)17(3)21-15-13-20(12-5-2)14-16-21/h8-11H,3-7,12-16H2,1-2H3. The Hall–Kier alpha value is -1.28. The summed E-state index contributed by atoms with van der Waals surface area (Å²) in [5.74, 6) is 0. The van der Waals surface area contributed by atoms with Crippen LogP contribution >= 0.6 is 0 Å². The summed E-state index contributed by atoms with van der Waals surface area (Å²) in [6, 6.07) is 9.02. The molecule has 0 spiro atoms. The van der Waals surface area contributed by atoms with E-state index < -0.39 is 0 Å². The number of rotatable bonds is 7. The summed E-state index contributed by atoms with van der Waals surface area (Å²) in [7, 11) is 0. The van der Waals surface area contributed by atoms with Crippen LogP contribution in [-0.2, 0) is 6.42 Å². The number of hydrogen-bond donors (Lipinski definition) is 0. The van der Waals surface area contributed by atoms with E-state index >= 15 is 0 Å².